The quantitative estimate of drug-likeness (QED) is 0.209. The summed E-state index contributed by atoms with van der Waals surface area (Å²) in [6.07, 6.45) is 3.47. The number of carbonyl (C=O) groups is 3. The lowest BCUT2D eigenvalue weighted by Crippen LogP contribution is -2.35. The highest BCUT2D eigenvalue weighted by Crippen LogP contribution is 2.27. The normalized spacial score (nSPS) is 10.4. The topological polar surface area (TPSA) is 130 Å². The zero-order valence-corrected chi connectivity index (χ0v) is 23.4. The van der Waals surface area contributed by atoms with E-state index < -0.39 is 12.0 Å². The maximum absolute atomic E-state index is 13.4. The van der Waals surface area contributed by atoms with E-state index in [-0.39, 0.29) is 24.5 Å². The van der Waals surface area contributed by atoms with Crippen LogP contribution in [0.2, 0.25) is 0 Å². The van der Waals surface area contributed by atoms with Crippen LogP contribution in [0.25, 0.3) is 0 Å². The van der Waals surface area contributed by atoms with Gasteiger partial charge in [-0.15, -0.1) is 0 Å². The van der Waals surface area contributed by atoms with Crippen LogP contribution in [0.4, 0.5) is 16.2 Å². The number of ether oxygens (including phenoxy) is 2. The van der Waals surface area contributed by atoms with E-state index in [1.54, 1.807) is 47.6 Å². The molecular formula is C32H32N4O6. The first-order valence-electron chi connectivity index (χ1n) is 13.3. The van der Waals surface area contributed by atoms with Crippen molar-refractivity contribution in [2.45, 2.75) is 19.9 Å². The van der Waals surface area contributed by atoms with Gasteiger partial charge in [0.2, 0.25) is 5.91 Å². The van der Waals surface area contributed by atoms with Crippen LogP contribution in [0, 0.1) is 6.92 Å². The van der Waals surface area contributed by atoms with Crippen molar-refractivity contribution in [3.05, 3.63) is 114 Å². The zero-order valence-electron chi connectivity index (χ0n) is 23.4. The molecule has 0 spiro atoms. The highest BCUT2D eigenvalue weighted by Gasteiger charge is 2.17. The lowest BCUT2D eigenvalue weighted by molar-refractivity contribution is -0.131. The fourth-order valence-electron chi connectivity index (χ4n) is 4.20. The lowest BCUT2D eigenvalue weighted by Gasteiger charge is -2.23. The molecule has 1 aromatic heterocycles. The molecular weight excluding hydrogens is 536 g/mol. The van der Waals surface area contributed by atoms with E-state index in [4.69, 9.17) is 14.6 Å². The summed E-state index contributed by atoms with van der Waals surface area (Å²) in [7, 11) is 1.50. The highest BCUT2D eigenvalue weighted by molar-refractivity contribution is 6.01. The van der Waals surface area contributed by atoms with E-state index in [1.807, 2.05) is 43.3 Å². The number of para-hydroxylation sites is 1. The minimum absolute atomic E-state index is 0.0968. The number of hydrogen-bond acceptors (Lipinski definition) is 6. The third kappa shape index (κ3) is 8.31. The molecule has 0 aliphatic heterocycles. The van der Waals surface area contributed by atoms with Crippen molar-refractivity contribution in [1.29, 1.82) is 0 Å². The van der Waals surface area contributed by atoms with Gasteiger partial charge < -0.3 is 30.1 Å². The number of amides is 3. The number of nitrogens with one attached hydrogen (secondary N) is 2. The van der Waals surface area contributed by atoms with Crippen LogP contribution >= 0.6 is 0 Å². The Morgan fingerprint density at radius 3 is 2.36 bits per heavy atom. The molecule has 4 rings (SSSR count). The van der Waals surface area contributed by atoms with Gasteiger partial charge >= 0.3 is 12.0 Å². The fourth-order valence-corrected chi connectivity index (χ4v) is 4.20. The Kier molecular flexibility index (Phi) is 10.1. The molecule has 0 aliphatic carbocycles. The molecule has 216 valence electrons. The molecule has 0 aliphatic rings. The number of pyridine rings is 1. The van der Waals surface area contributed by atoms with Gasteiger partial charge in [-0.3, -0.25) is 9.78 Å². The number of benzene rings is 3. The van der Waals surface area contributed by atoms with Crippen molar-refractivity contribution in [3.8, 4) is 11.5 Å². The standard InChI is InChI=1S/C32H32N4O6/c1-22-6-3-4-8-27(22)34-32(40)35-28-14-9-23(18-29(28)41-2)19-30(37)36(21-24-7-5-15-33-20-24)16-17-42-26-12-10-25(11-13-26)31(38)39/h3-15,18,20H,16-17,19,21H2,1-2H3,(H,38,39)(H2,34,35,40). The maximum atomic E-state index is 13.4. The Balaban J connectivity index is 1.41. The van der Waals surface area contributed by atoms with E-state index in [0.29, 0.717) is 41.5 Å². The van der Waals surface area contributed by atoms with Crippen molar-refractivity contribution in [3.63, 3.8) is 0 Å². The summed E-state index contributed by atoms with van der Waals surface area (Å²) >= 11 is 0. The molecule has 0 bridgehead atoms. The Labute approximate surface area is 243 Å². The number of methoxy groups -OCH3 is 1. The molecule has 0 atom stereocenters. The van der Waals surface area contributed by atoms with E-state index in [2.05, 4.69) is 15.6 Å². The summed E-state index contributed by atoms with van der Waals surface area (Å²) < 4.78 is 11.3. The van der Waals surface area contributed by atoms with Gasteiger partial charge in [-0.2, -0.15) is 0 Å². The SMILES string of the molecule is COc1cc(CC(=O)N(CCOc2ccc(C(=O)O)cc2)Cc2cccnc2)ccc1NC(=O)Nc1ccccc1C. The molecule has 10 heteroatoms. The van der Waals surface area contributed by atoms with Crippen LogP contribution in [0.1, 0.15) is 27.0 Å². The monoisotopic (exact) mass is 568 g/mol. The molecule has 4 aromatic rings. The summed E-state index contributed by atoms with van der Waals surface area (Å²) in [6, 6.07) is 22.1. The number of carboxylic acid groups (broad SMARTS) is 1. The Morgan fingerprint density at radius 1 is 0.905 bits per heavy atom. The van der Waals surface area contributed by atoms with E-state index >= 15 is 0 Å². The van der Waals surface area contributed by atoms with Crippen molar-refractivity contribution >= 4 is 29.3 Å². The number of nitrogens with zero attached hydrogens (tertiary/aromatic N) is 2. The highest BCUT2D eigenvalue weighted by atomic mass is 16.5. The smallest absolute Gasteiger partial charge is 0.335 e. The Morgan fingerprint density at radius 2 is 1.67 bits per heavy atom. The second kappa shape index (κ2) is 14.3. The summed E-state index contributed by atoms with van der Waals surface area (Å²) in [5.74, 6) is -0.218. The summed E-state index contributed by atoms with van der Waals surface area (Å²) in [5.41, 5.74) is 3.85. The molecule has 3 N–H and O–H groups in total. The summed E-state index contributed by atoms with van der Waals surface area (Å²) in [4.78, 5) is 42.9. The number of carbonyl (C=O) groups excluding carboxylic acids is 2. The predicted molar refractivity (Wildman–Crippen MR) is 159 cm³/mol. The fraction of sp³-hybridized carbons (Fsp3) is 0.188. The maximum Gasteiger partial charge on any atom is 0.335 e. The third-order valence-corrected chi connectivity index (χ3v) is 6.44. The number of aromatic carboxylic acids is 1. The van der Waals surface area contributed by atoms with E-state index in [9.17, 15) is 14.4 Å². The summed E-state index contributed by atoms with van der Waals surface area (Å²) in [6.45, 7) is 2.75. The van der Waals surface area contributed by atoms with E-state index in [0.717, 1.165) is 11.1 Å². The van der Waals surface area contributed by atoms with Crippen molar-refractivity contribution in [2.75, 3.05) is 30.9 Å². The molecule has 0 fully saturated rings. The lowest BCUT2D eigenvalue weighted by atomic mass is 10.1. The average Bonchev–Trinajstić information content (AvgIpc) is 2.99. The van der Waals surface area contributed by atoms with Crippen LogP contribution in [0.5, 0.6) is 11.5 Å². The zero-order chi connectivity index (χ0) is 29.9. The number of rotatable bonds is 12. The van der Waals surface area contributed by atoms with Crippen LogP contribution in [0.15, 0.2) is 91.3 Å². The first-order chi connectivity index (χ1) is 20.3. The van der Waals surface area contributed by atoms with Crippen LogP contribution in [0.3, 0.4) is 0 Å². The van der Waals surface area contributed by atoms with Crippen molar-refractivity contribution in [1.82, 2.24) is 9.88 Å². The van der Waals surface area contributed by atoms with Gasteiger partial charge in [0.05, 0.1) is 31.3 Å². The molecule has 0 saturated carbocycles. The van der Waals surface area contributed by atoms with Crippen LogP contribution in [-0.4, -0.2) is 53.2 Å². The van der Waals surface area contributed by atoms with Gasteiger partial charge in [0, 0.05) is 24.6 Å². The second-order valence-corrected chi connectivity index (χ2v) is 9.46. The number of aromatic nitrogens is 1. The number of hydrogen-bond donors (Lipinski definition) is 3. The third-order valence-electron chi connectivity index (χ3n) is 6.44. The first kappa shape index (κ1) is 29.6. The Hall–Kier alpha value is -5.38. The molecule has 0 radical (unpaired) electrons. The van der Waals surface area contributed by atoms with Gasteiger partial charge in [0.25, 0.3) is 0 Å². The molecule has 0 unspecified atom stereocenters. The second-order valence-electron chi connectivity index (χ2n) is 9.46. The Bertz CT molecular complexity index is 1530. The summed E-state index contributed by atoms with van der Waals surface area (Å²) in [5, 5.41) is 14.7. The molecule has 42 heavy (non-hydrogen) atoms. The minimum Gasteiger partial charge on any atom is -0.495 e. The van der Waals surface area contributed by atoms with Gasteiger partial charge in [-0.25, -0.2) is 9.59 Å². The average molecular weight is 569 g/mol. The number of carboxylic acids is 1. The predicted octanol–water partition coefficient (Wildman–Crippen LogP) is 5.39. The largest absolute Gasteiger partial charge is 0.495 e. The number of anilines is 2. The number of aryl methyl sites for hydroxylation is 1. The molecule has 0 saturated heterocycles. The van der Waals surface area contributed by atoms with Crippen LogP contribution in [-0.2, 0) is 17.8 Å². The molecule has 3 amide bonds. The van der Waals surface area contributed by atoms with Gasteiger partial charge in [-0.1, -0.05) is 30.3 Å². The van der Waals surface area contributed by atoms with Gasteiger partial charge in [-0.05, 0) is 72.1 Å². The van der Waals surface area contributed by atoms with Crippen molar-refractivity contribution in [2.24, 2.45) is 0 Å². The van der Waals surface area contributed by atoms with Crippen LogP contribution < -0.4 is 20.1 Å². The molecule has 3 aromatic carbocycles. The number of urea groups is 1. The molecule has 1 heterocycles. The minimum atomic E-state index is -1.01. The van der Waals surface area contributed by atoms with Gasteiger partial charge in [0.1, 0.15) is 18.1 Å². The molecule has 10 nitrogen and oxygen atoms in total. The van der Waals surface area contributed by atoms with Crippen molar-refractivity contribution < 1.29 is 29.0 Å². The first-order valence-corrected chi connectivity index (χ1v) is 13.3. The van der Waals surface area contributed by atoms with E-state index in [1.165, 1.54) is 19.2 Å². The van der Waals surface area contributed by atoms with Gasteiger partial charge in [0.15, 0.2) is 0 Å².